The van der Waals surface area contributed by atoms with Gasteiger partial charge in [0.05, 0.1) is 0 Å². The smallest absolute Gasteiger partial charge is 0.332 e. The van der Waals surface area contributed by atoms with Gasteiger partial charge in [-0.2, -0.15) is 0 Å². The molecule has 2 heterocycles. The fourth-order valence-corrected chi connectivity index (χ4v) is 3.70. The molecule has 0 bridgehead atoms. The Morgan fingerprint density at radius 3 is 2.62 bits per heavy atom. The molecule has 0 atom stereocenters. The average Bonchev–Trinajstić information content (AvgIpc) is 2.63. The van der Waals surface area contributed by atoms with Crippen molar-refractivity contribution in [3.8, 4) is 0 Å². The first-order valence-corrected chi connectivity index (χ1v) is 9.05. The quantitative estimate of drug-likeness (QED) is 0.502. The van der Waals surface area contributed by atoms with Crippen molar-refractivity contribution in [3.63, 3.8) is 0 Å². The third-order valence-electron chi connectivity index (χ3n) is 4.04. The van der Waals surface area contributed by atoms with Crippen LogP contribution >= 0.6 is 11.8 Å². The lowest BCUT2D eigenvalue weighted by atomic mass is 10.2. The van der Waals surface area contributed by atoms with Crippen LogP contribution in [0.15, 0.2) is 38.9 Å². The normalized spacial score (nSPS) is 11.2. The van der Waals surface area contributed by atoms with Gasteiger partial charge in [-0.3, -0.25) is 13.9 Å². The lowest BCUT2D eigenvalue weighted by Crippen LogP contribution is -2.37. The maximum atomic E-state index is 12.7. The van der Waals surface area contributed by atoms with Crippen LogP contribution in [0, 0.1) is 6.92 Å². The highest BCUT2D eigenvalue weighted by atomic mass is 32.2. The number of hydrogen-bond donors (Lipinski definition) is 0. The van der Waals surface area contributed by atoms with Crippen molar-refractivity contribution < 1.29 is 4.74 Å². The summed E-state index contributed by atoms with van der Waals surface area (Å²) in [6.07, 6.45) is 0. The maximum absolute atomic E-state index is 12.7. The molecule has 0 radical (unpaired) electrons. The fraction of sp³-hybridized carbons (Fsp3) is 0.333. The molecule has 0 saturated carbocycles. The predicted octanol–water partition coefficient (Wildman–Crippen LogP) is 1.77. The van der Waals surface area contributed by atoms with Crippen molar-refractivity contribution >= 4 is 22.8 Å². The van der Waals surface area contributed by atoms with Gasteiger partial charge in [-0.15, -0.1) is 11.8 Å². The van der Waals surface area contributed by atoms with Gasteiger partial charge in [-0.1, -0.05) is 29.8 Å². The third kappa shape index (κ3) is 3.42. The summed E-state index contributed by atoms with van der Waals surface area (Å²) >= 11 is 1.45. The molecule has 8 heteroatoms. The molecule has 0 aliphatic heterocycles. The molecule has 0 N–H and O–H groups in total. The lowest BCUT2D eigenvalue weighted by Gasteiger charge is -2.11. The van der Waals surface area contributed by atoms with Crippen LogP contribution in [0.5, 0.6) is 0 Å². The molecular formula is C18H20N4O3S. The van der Waals surface area contributed by atoms with Gasteiger partial charge in [0.25, 0.3) is 5.56 Å². The predicted molar refractivity (Wildman–Crippen MR) is 101 cm³/mol. The van der Waals surface area contributed by atoms with Gasteiger partial charge < -0.3 is 4.74 Å². The summed E-state index contributed by atoms with van der Waals surface area (Å²) in [5.41, 5.74) is 1.83. The number of nitrogens with zero attached hydrogens (tertiary/aromatic N) is 4. The van der Waals surface area contributed by atoms with Gasteiger partial charge in [-0.05, 0) is 12.5 Å². The van der Waals surface area contributed by atoms with Crippen molar-refractivity contribution in [3.05, 3.63) is 62.1 Å². The van der Waals surface area contributed by atoms with Gasteiger partial charge in [0, 0.05) is 27.0 Å². The molecule has 0 fully saturated rings. The zero-order valence-corrected chi connectivity index (χ0v) is 16.0. The van der Waals surface area contributed by atoms with E-state index >= 15 is 0 Å². The number of methoxy groups -OCH3 is 1. The van der Waals surface area contributed by atoms with Crippen LogP contribution in [0.3, 0.4) is 0 Å². The first-order valence-electron chi connectivity index (χ1n) is 8.06. The second-order valence-electron chi connectivity index (χ2n) is 6.06. The molecule has 0 amide bonds. The molecule has 7 nitrogen and oxygen atoms in total. The minimum absolute atomic E-state index is 0.206. The second-order valence-corrected chi connectivity index (χ2v) is 7.02. The van der Waals surface area contributed by atoms with E-state index in [1.165, 1.54) is 28.9 Å². The first kappa shape index (κ1) is 18.3. The minimum Gasteiger partial charge on any atom is -0.377 e. The largest absolute Gasteiger partial charge is 0.377 e. The molecular weight excluding hydrogens is 352 g/mol. The highest BCUT2D eigenvalue weighted by Crippen LogP contribution is 2.26. The van der Waals surface area contributed by atoms with Crippen molar-refractivity contribution in [2.45, 2.75) is 24.3 Å². The maximum Gasteiger partial charge on any atom is 0.332 e. The summed E-state index contributed by atoms with van der Waals surface area (Å²) in [6.45, 7) is 2.24. The van der Waals surface area contributed by atoms with Gasteiger partial charge in [-0.25, -0.2) is 14.8 Å². The Balaban J connectivity index is 2.15. The number of fused-ring (bicyclic) bond motifs is 1. The molecule has 1 aromatic carbocycles. The highest BCUT2D eigenvalue weighted by Gasteiger charge is 2.17. The second kappa shape index (κ2) is 7.43. The van der Waals surface area contributed by atoms with E-state index in [4.69, 9.17) is 4.74 Å². The molecule has 2 aromatic heterocycles. The Kier molecular flexibility index (Phi) is 5.24. The van der Waals surface area contributed by atoms with Crippen LogP contribution in [0.25, 0.3) is 11.0 Å². The lowest BCUT2D eigenvalue weighted by molar-refractivity contribution is 0.177. The van der Waals surface area contributed by atoms with Gasteiger partial charge >= 0.3 is 5.69 Å². The Morgan fingerprint density at radius 1 is 1.15 bits per heavy atom. The number of aromatic nitrogens is 4. The molecule has 3 rings (SSSR count). The Morgan fingerprint density at radius 2 is 1.92 bits per heavy atom. The van der Waals surface area contributed by atoms with E-state index in [0.29, 0.717) is 27.6 Å². The standard InChI is InChI=1S/C18H20N4O3S/c1-11-6-5-7-12(8-11)10-26-16-14-15(19-13(20-16)9-25-4)21(2)18(24)22(3)17(14)23/h5-8H,9-10H2,1-4H3. The molecule has 0 aliphatic rings. The van der Waals surface area contributed by atoms with Gasteiger partial charge in [0.15, 0.2) is 11.5 Å². The summed E-state index contributed by atoms with van der Waals surface area (Å²) in [7, 11) is 4.61. The third-order valence-corrected chi connectivity index (χ3v) is 5.09. The van der Waals surface area contributed by atoms with E-state index in [1.54, 1.807) is 14.2 Å². The highest BCUT2D eigenvalue weighted by molar-refractivity contribution is 7.98. The number of ether oxygens (including phenoxy) is 1. The Labute approximate surface area is 154 Å². The van der Waals surface area contributed by atoms with Crippen LogP contribution in [-0.2, 0) is 31.2 Å². The van der Waals surface area contributed by atoms with E-state index in [1.807, 2.05) is 25.1 Å². The number of aryl methyl sites for hydroxylation is 2. The first-order chi connectivity index (χ1) is 12.4. The molecule has 0 spiro atoms. The van der Waals surface area contributed by atoms with Crippen LogP contribution in [0.1, 0.15) is 17.0 Å². The number of benzene rings is 1. The van der Waals surface area contributed by atoms with Gasteiger partial charge in [0.1, 0.15) is 17.0 Å². The molecule has 136 valence electrons. The Bertz CT molecular complexity index is 1090. The van der Waals surface area contributed by atoms with E-state index < -0.39 is 5.69 Å². The van der Waals surface area contributed by atoms with E-state index in [-0.39, 0.29) is 12.2 Å². The molecule has 3 aromatic rings. The SMILES string of the molecule is COCc1nc(SCc2cccc(C)c2)c2c(=O)n(C)c(=O)n(C)c2n1. The number of hydrogen-bond acceptors (Lipinski definition) is 6. The van der Waals surface area contributed by atoms with E-state index in [9.17, 15) is 9.59 Å². The Hall–Kier alpha value is -2.45. The summed E-state index contributed by atoms with van der Waals surface area (Å²) in [4.78, 5) is 33.8. The molecule has 0 unspecified atom stereocenters. The van der Waals surface area contributed by atoms with Crippen LogP contribution in [0.4, 0.5) is 0 Å². The van der Waals surface area contributed by atoms with Crippen LogP contribution < -0.4 is 11.2 Å². The van der Waals surface area contributed by atoms with Crippen LogP contribution in [-0.4, -0.2) is 26.2 Å². The van der Waals surface area contributed by atoms with Crippen molar-refractivity contribution in [1.82, 2.24) is 19.1 Å². The van der Waals surface area contributed by atoms with Crippen LogP contribution in [0.2, 0.25) is 0 Å². The average molecular weight is 372 g/mol. The number of thioether (sulfide) groups is 1. The monoisotopic (exact) mass is 372 g/mol. The van der Waals surface area contributed by atoms with Crippen molar-refractivity contribution in [2.75, 3.05) is 7.11 Å². The van der Waals surface area contributed by atoms with E-state index in [0.717, 1.165) is 10.1 Å². The summed E-state index contributed by atoms with van der Waals surface area (Å²) in [5, 5.41) is 0.909. The minimum atomic E-state index is -0.417. The van der Waals surface area contributed by atoms with E-state index in [2.05, 4.69) is 16.0 Å². The fourth-order valence-electron chi connectivity index (χ4n) is 2.72. The summed E-state index contributed by atoms with van der Waals surface area (Å²) < 4.78 is 7.58. The molecule has 26 heavy (non-hydrogen) atoms. The zero-order valence-electron chi connectivity index (χ0n) is 15.1. The molecule has 0 aliphatic carbocycles. The zero-order chi connectivity index (χ0) is 18.8. The summed E-state index contributed by atoms with van der Waals surface area (Å²) in [6, 6.07) is 8.17. The number of rotatable bonds is 5. The molecule has 0 saturated heterocycles. The summed E-state index contributed by atoms with van der Waals surface area (Å²) in [5.74, 6) is 1.10. The van der Waals surface area contributed by atoms with Gasteiger partial charge in [0.2, 0.25) is 0 Å². The van der Waals surface area contributed by atoms with Crippen molar-refractivity contribution in [1.29, 1.82) is 0 Å². The van der Waals surface area contributed by atoms with Crippen molar-refractivity contribution in [2.24, 2.45) is 14.1 Å². The topological polar surface area (TPSA) is 79.0 Å².